The van der Waals surface area contributed by atoms with Crippen LogP contribution in [0.2, 0.25) is 0 Å². The molecule has 0 aliphatic rings. The number of aryl methyl sites for hydroxylation is 1. The van der Waals surface area contributed by atoms with Gasteiger partial charge in [-0.25, -0.2) is 0 Å². The number of nitrogens with zero attached hydrogens (tertiary/aromatic N) is 1. The number of rotatable bonds is 6. The highest BCUT2D eigenvalue weighted by Gasteiger charge is 2.19. The molecule has 0 amide bonds. The maximum Gasteiger partial charge on any atom is 0.0546 e. The molecule has 0 N–H and O–H groups in total. The molecular formula is C45H33N. The summed E-state index contributed by atoms with van der Waals surface area (Å²) >= 11 is 0. The minimum Gasteiger partial charge on any atom is -0.310 e. The molecule has 8 rings (SSSR count). The Morgan fingerprint density at radius 1 is 0.413 bits per heavy atom. The molecule has 0 atom stereocenters. The van der Waals surface area contributed by atoms with Crippen LogP contribution in [0.1, 0.15) is 16.7 Å². The van der Waals surface area contributed by atoms with Gasteiger partial charge < -0.3 is 4.90 Å². The lowest BCUT2D eigenvalue weighted by Crippen LogP contribution is -2.11. The van der Waals surface area contributed by atoms with E-state index in [1.165, 1.54) is 65.8 Å². The third-order valence-corrected chi connectivity index (χ3v) is 8.98. The summed E-state index contributed by atoms with van der Waals surface area (Å²) in [5.41, 5.74) is 9.47. The molecule has 0 aromatic heterocycles. The quantitative estimate of drug-likeness (QED) is 0.138. The highest BCUT2D eigenvalue weighted by atomic mass is 15.1. The average molecular weight is 588 g/mol. The molecule has 8 aromatic carbocycles. The average Bonchev–Trinajstić information content (AvgIpc) is 3.12. The van der Waals surface area contributed by atoms with E-state index in [2.05, 4.69) is 194 Å². The summed E-state index contributed by atoms with van der Waals surface area (Å²) in [6.45, 7) is 2.21. The van der Waals surface area contributed by atoms with Crippen LogP contribution in [0.3, 0.4) is 0 Å². The lowest BCUT2D eigenvalue weighted by Gasteiger charge is -2.28. The van der Waals surface area contributed by atoms with Crippen LogP contribution in [0.4, 0.5) is 17.1 Å². The lowest BCUT2D eigenvalue weighted by molar-refractivity contribution is 1.28. The molecule has 0 aliphatic heterocycles. The molecule has 0 saturated heterocycles. The summed E-state index contributed by atoms with van der Waals surface area (Å²) in [5, 5.41) is 7.53. The molecule has 0 heterocycles. The third kappa shape index (κ3) is 5.12. The van der Waals surface area contributed by atoms with Gasteiger partial charge in [0, 0.05) is 16.8 Å². The molecule has 0 radical (unpaired) electrons. The van der Waals surface area contributed by atoms with Gasteiger partial charge in [-0.15, -0.1) is 0 Å². The van der Waals surface area contributed by atoms with Gasteiger partial charge in [0.2, 0.25) is 0 Å². The van der Waals surface area contributed by atoms with Gasteiger partial charge in [0.1, 0.15) is 0 Å². The van der Waals surface area contributed by atoms with E-state index >= 15 is 0 Å². The van der Waals surface area contributed by atoms with Crippen molar-refractivity contribution in [2.24, 2.45) is 0 Å². The van der Waals surface area contributed by atoms with Gasteiger partial charge in [0.05, 0.1) is 5.69 Å². The normalized spacial score (nSPS) is 11.5. The SMILES string of the molecule is Cc1cc(N(c2ccc(-c3ccccc3)cc2)c2cc3c4ccccc4ccc3c3ccccc23)ccc1/C=C\c1ccccc1. The predicted octanol–water partition coefficient (Wildman–Crippen LogP) is 12.8. The molecule has 0 saturated carbocycles. The Labute approximate surface area is 270 Å². The minimum absolute atomic E-state index is 1.12. The first-order chi connectivity index (χ1) is 22.7. The van der Waals surface area contributed by atoms with Crippen molar-refractivity contribution >= 4 is 61.5 Å². The Balaban J connectivity index is 1.33. The van der Waals surface area contributed by atoms with E-state index < -0.39 is 0 Å². The van der Waals surface area contributed by atoms with E-state index in [1.807, 2.05) is 0 Å². The van der Waals surface area contributed by atoms with E-state index in [-0.39, 0.29) is 0 Å². The molecule has 1 nitrogen and oxygen atoms in total. The van der Waals surface area contributed by atoms with Gasteiger partial charge >= 0.3 is 0 Å². The maximum absolute atomic E-state index is 2.43. The van der Waals surface area contributed by atoms with Crippen molar-refractivity contribution in [2.45, 2.75) is 6.92 Å². The second-order valence-corrected chi connectivity index (χ2v) is 11.9. The fourth-order valence-electron chi connectivity index (χ4n) is 6.62. The largest absolute Gasteiger partial charge is 0.310 e. The van der Waals surface area contributed by atoms with Crippen molar-refractivity contribution in [1.29, 1.82) is 0 Å². The van der Waals surface area contributed by atoms with Gasteiger partial charge in [0.25, 0.3) is 0 Å². The van der Waals surface area contributed by atoms with Crippen LogP contribution in [0.25, 0.3) is 55.6 Å². The Morgan fingerprint density at radius 2 is 1.02 bits per heavy atom. The summed E-state index contributed by atoms with van der Waals surface area (Å²) in [6, 6.07) is 61.3. The Bertz CT molecular complexity index is 2350. The van der Waals surface area contributed by atoms with E-state index in [1.54, 1.807) is 0 Å². The number of anilines is 3. The first-order valence-corrected chi connectivity index (χ1v) is 15.9. The number of hydrogen-bond donors (Lipinski definition) is 0. The van der Waals surface area contributed by atoms with Crippen LogP contribution in [0.15, 0.2) is 170 Å². The Morgan fingerprint density at radius 3 is 1.78 bits per heavy atom. The Kier molecular flexibility index (Phi) is 7.13. The minimum atomic E-state index is 1.12. The maximum atomic E-state index is 2.43. The van der Waals surface area contributed by atoms with Gasteiger partial charge in [-0.05, 0) is 92.0 Å². The van der Waals surface area contributed by atoms with Crippen molar-refractivity contribution in [3.63, 3.8) is 0 Å². The summed E-state index contributed by atoms with van der Waals surface area (Å²) in [7, 11) is 0. The van der Waals surface area contributed by atoms with Crippen molar-refractivity contribution in [2.75, 3.05) is 4.90 Å². The first kappa shape index (κ1) is 27.6. The van der Waals surface area contributed by atoms with E-state index in [0.717, 1.165) is 11.4 Å². The first-order valence-electron chi connectivity index (χ1n) is 15.9. The molecule has 0 bridgehead atoms. The predicted molar refractivity (Wildman–Crippen MR) is 199 cm³/mol. The van der Waals surface area contributed by atoms with Crippen molar-refractivity contribution < 1.29 is 0 Å². The highest BCUT2D eigenvalue weighted by molar-refractivity contribution is 6.21. The van der Waals surface area contributed by atoms with Crippen LogP contribution >= 0.6 is 0 Å². The topological polar surface area (TPSA) is 3.24 Å². The standard InChI is InChI=1S/C45H33N/c1-32-30-39(28-22-34(32)21-20-33-12-4-2-5-13-33)46(38-26-23-36(24-27-38)35-14-6-3-7-15-35)45-31-44-40-17-9-8-16-37(40)25-29-42(44)41-18-10-11-19-43(41)45/h2-31H,1H3/b21-20-. The Hall–Kier alpha value is -5.92. The van der Waals surface area contributed by atoms with Crippen molar-refractivity contribution in [3.8, 4) is 11.1 Å². The second kappa shape index (κ2) is 11.9. The smallest absolute Gasteiger partial charge is 0.0546 e. The lowest BCUT2D eigenvalue weighted by atomic mass is 9.95. The zero-order chi connectivity index (χ0) is 30.9. The van der Waals surface area contributed by atoms with Crippen molar-refractivity contribution in [1.82, 2.24) is 0 Å². The summed E-state index contributed by atoms with van der Waals surface area (Å²) in [4.78, 5) is 2.43. The summed E-state index contributed by atoms with van der Waals surface area (Å²) in [5.74, 6) is 0. The molecule has 218 valence electrons. The van der Waals surface area contributed by atoms with Crippen LogP contribution in [0, 0.1) is 6.92 Å². The summed E-state index contributed by atoms with van der Waals surface area (Å²) < 4.78 is 0. The molecule has 8 aromatic rings. The number of benzene rings is 8. The van der Waals surface area contributed by atoms with Gasteiger partial charge in [-0.3, -0.25) is 0 Å². The van der Waals surface area contributed by atoms with E-state index in [9.17, 15) is 0 Å². The van der Waals surface area contributed by atoms with Gasteiger partial charge in [-0.1, -0.05) is 152 Å². The molecule has 1 heteroatoms. The number of fused-ring (bicyclic) bond motifs is 5. The van der Waals surface area contributed by atoms with E-state index in [0.29, 0.717) is 0 Å². The zero-order valence-electron chi connectivity index (χ0n) is 25.8. The monoisotopic (exact) mass is 587 g/mol. The van der Waals surface area contributed by atoms with Crippen LogP contribution in [-0.4, -0.2) is 0 Å². The zero-order valence-corrected chi connectivity index (χ0v) is 25.8. The van der Waals surface area contributed by atoms with Crippen LogP contribution < -0.4 is 4.90 Å². The molecule has 46 heavy (non-hydrogen) atoms. The molecule has 0 aliphatic carbocycles. The van der Waals surface area contributed by atoms with Gasteiger partial charge in [-0.2, -0.15) is 0 Å². The third-order valence-electron chi connectivity index (χ3n) is 8.98. The fourth-order valence-corrected chi connectivity index (χ4v) is 6.62. The van der Waals surface area contributed by atoms with Crippen LogP contribution in [0.5, 0.6) is 0 Å². The molecular weight excluding hydrogens is 555 g/mol. The van der Waals surface area contributed by atoms with Crippen LogP contribution in [-0.2, 0) is 0 Å². The van der Waals surface area contributed by atoms with Gasteiger partial charge in [0.15, 0.2) is 0 Å². The summed E-state index contributed by atoms with van der Waals surface area (Å²) in [6.07, 6.45) is 4.40. The highest BCUT2D eigenvalue weighted by Crippen LogP contribution is 2.44. The molecule has 0 spiro atoms. The van der Waals surface area contributed by atoms with E-state index in [4.69, 9.17) is 0 Å². The number of hydrogen-bond acceptors (Lipinski definition) is 1. The van der Waals surface area contributed by atoms with Crippen molar-refractivity contribution in [3.05, 3.63) is 187 Å². The fraction of sp³-hybridized carbons (Fsp3) is 0.0222. The molecule has 0 unspecified atom stereocenters. The second-order valence-electron chi connectivity index (χ2n) is 11.9. The molecule has 0 fully saturated rings.